The van der Waals surface area contributed by atoms with Crippen LogP contribution >= 0.6 is 11.6 Å². The van der Waals surface area contributed by atoms with E-state index in [0.29, 0.717) is 29.5 Å². The van der Waals surface area contributed by atoms with Gasteiger partial charge in [-0.05, 0) is 86.0 Å². The van der Waals surface area contributed by atoms with Crippen LogP contribution in [0.15, 0.2) is 77.7 Å². The number of carbonyl (C=O) groups excluding carboxylic acids is 1. The van der Waals surface area contributed by atoms with Gasteiger partial charge in [-0.25, -0.2) is 12.7 Å². The first-order valence-electron chi connectivity index (χ1n) is 11.1. The number of halogens is 1. The van der Waals surface area contributed by atoms with Crippen molar-refractivity contribution in [2.24, 2.45) is 0 Å². The van der Waals surface area contributed by atoms with Crippen LogP contribution in [0.5, 0.6) is 11.5 Å². The van der Waals surface area contributed by atoms with E-state index in [1.807, 2.05) is 31.2 Å². The molecule has 0 spiro atoms. The standard InChI is InChI=1S/C26H28ClNO5S/c1-3-20-7-13-24(14-8-20)33-19-5-6-26(29)28(22-11-15-23(16-12-22)32-4-2)34(30,31)25-17-9-21(27)10-18-25/h7-18H,3-6,19H2,1-2H3. The first-order valence-corrected chi connectivity index (χ1v) is 12.9. The molecule has 34 heavy (non-hydrogen) atoms. The van der Waals surface area contributed by atoms with E-state index >= 15 is 0 Å². The zero-order valence-electron chi connectivity index (χ0n) is 19.2. The van der Waals surface area contributed by atoms with Gasteiger partial charge in [0.05, 0.1) is 23.8 Å². The van der Waals surface area contributed by atoms with Crippen LogP contribution in [0.4, 0.5) is 5.69 Å². The second-order valence-electron chi connectivity index (χ2n) is 7.49. The Hall–Kier alpha value is -3.03. The van der Waals surface area contributed by atoms with E-state index in [-0.39, 0.29) is 23.6 Å². The molecule has 0 aromatic heterocycles. The zero-order chi connectivity index (χ0) is 24.6. The molecule has 6 nitrogen and oxygen atoms in total. The van der Waals surface area contributed by atoms with Crippen LogP contribution in [0.2, 0.25) is 5.02 Å². The third kappa shape index (κ3) is 6.52. The number of nitrogens with zero attached hydrogens (tertiary/aromatic N) is 1. The predicted octanol–water partition coefficient (Wildman–Crippen LogP) is 5.88. The monoisotopic (exact) mass is 501 g/mol. The summed E-state index contributed by atoms with van der Waals surface area (Å²) in [5.74, 6) is 0.746. The van der Waals surface area contributed by atoms with Crippen LogP contribution in [-0.2, 0) is 21.2 Å². The number of amides is 1. The summed E-state index contributed by atoms with van der Waals surface area (Å²) in [5.41, 5.74) is 1.44. The van der Waals surface area contributed by atoms with E-state index in [1.165, 1.54) is 29.8 Å². The van der Waals surface area contributed by atoms with Gasteiger partial charge < -0.3 is 9.47 Å². The fraction of sp³-hybridized carbons (Fsp3) is 0.269. The van der Waals surface area contributed by atoms with Crippen LogP contribution < -0.4 is 13.8 Å². The summed E-state index contributed by atoms with van der Waals surface area (Å²) in [7, 11) is -4.15. The smallest absolute Gasteiger partial charge is 0.270 e. The average Bonchev–Trinajstić information content (AvgIpc) is 2.84. The molecule has 0 saturated heterocycles. The van der Waals surface area contributed by atoms with Gasteiger partial charge in [0.2, 0.25) is 5.91 Å². The Balaban J connectivity index is 1.76. The van der Waals surface area contributed by atoms with Gasteiger partial charge in [-0.2, -0.15) is 0 Å². The highest BCUT2D eigenvalue weighted by atomic mass is 35.5. The molecule has 0 fully saturated rings. The topological polar surface area (TPSA) is 72.9 Å². The number of aryl methyl sites for hydroxylation is 1. The number of hydrogen-bond donors (Lipinski definition) is 0. The summed E-state index contributed by atoms with van der Waals surface area (Å²) in [6.07, 6.45) is 1.30. The maximum atomic E-state index is 13.4. The molecule has 0 aliphatic carbocycles. The molecule has 0 heterocycles. The molecule has 0 unspecified atom stereocenters. The normalized spacial score (nSPS) is 11.1. The van der Waals surface area contributed by atoms with Crippen LogP contribution in [0.25, 0.3) is 0 Å². The van der Waals surface area contributed by atoms with Crippen molar-refractivity contribution in [2.45, 2.75) is 38.0 Å². The molecular formula is C26H28ClNO5S. The summed E-state index contributed by atoms with van der Waals surface area (Å²) in [5, 5.41) is 0.405. The molecule has 8 heteroatoms. The molecule has 0 N–H and O–H groups in total. The molecule has 3 aromatic rings. The van der Waals surface area contributed by atoms with Crippen molar-refractivity contribution in [2.75, 3.05) is 17.5 Å². The van der Waals surface area contributed by atoms with Crippen molar-refractivity contribution in [3.8, 4) is 11.5 Å². The summed E-state index contributed by atoms with van der Waals surface area (Å²) < 4.78 is 38.8. The second kappa shape index (κ2) is 11.9. The summed E-state index contributed by atoms with van der Waals surface area (Å²) in [4.78, 5) is 13.1. The van der Waals surface area contributed by atoms with Gasteiger partial charge in [0.1, 0.15) is 11.5 Å². The summed E-state index contributed by atoms with van der Waals surface area (Å²) >= 11 is 5.92. The van der Waals surface area contributed by atoms with E-state index in [1.54, 1.807) is 24.3 Å². The van der Waals surface area contributed by atoms with E-state index in [9.17, 15) is 13.2 Å². The minimum absolute atomic E-state index is 0.00687. The highest BCUT2D eigenvalue weighted by Gasteiger charge is 2.30. The van der Waals surface area contributed by atoms with Crippen LogP contribution in [0, 0.1) is 0 Å². The van der Waals surface area contributed by atoms with Crippen molar-refractivity contribution >= 4 is 33.2 Å². The van der Waals surface area contributed by atoms with Crippen molar-refractivity contribution in [3.63, 3.8) is 0 Å². The van der Waals surface area contributed by atoms with E-state index in [0.717, 1.165) is 10.7 Å². The maximum Gasteiger partial charge on any atom is 0.270 e. The van der Waals surface area contributed by atoms with Crippen molar-refractivity contribution in [1.82, 2.24) is 0 Å². The number of carbonyl (C=O) groups is 1. The fourth-order valence-electron chi connectivity index (χ4n) is 3.31. The summed E-state index contributed by atoms with van der Waals surface area (Å²) in [6.45, 7) is 4.70. The third-order valence-corrected chi connectivity index (χ3v) is 7.11. The number of hydrogen-bond acceptors (Lipinski definition) is 5. The van der Waals surface area contributed by atoms with Gasteiger partial charge in [-0.3, -0.25) is 4.79 Å². The Morgan fingerprint density at radius 2 is 1.44 bits per heavy atom. The number of anilines is 1. The number of rotatable bonds is 11. The fourth-order valence-corrected chi connectivity index (χ4v) is 4.89. The highest BCUT2D eigenvalue weighted by Crippen LogP contribution is 2.28. The first-order chi connectivity index (χ1) is 16.3. The summed E-state index contributed by atoms with van der Waals surface area (Å²) in [6, 6.07) is 19.9. The average molecular weight is 502 g/mol. The molecule has 0 aliphatic heterocycles. The van der Waals surface area contributed by atoms with E-state index < -0.39 is 15.9 Å². The van der Waals surface area contributed by atoms with Gasteiger partial charge in [-0.15, -0.1) is 0 Å². The van der Waals surface area contributed by atoms with Gasteiger partial charge >= 0.3 is 0 Å². The van der Waals surface area contributed by atoms with Gasteiger partial charge in [-0.1, -0.05) is 30.7 Å². The Bertz CT molecular complexity index is 1180. The minimum atomic E-state index is -4.15. The Morgan fingerprint density at radius 3 is 2.03 bits per heavy atom. The maximum absolute atomic E-state index is 13.4. The van der Waals surface area contributed by atoms with Crippen molar-refractivity contribution in [1.29, 1.82) is 0 Å². The number of benzene rings is 3. The largest absolute Gasteiger partial charge is 0.494 e. The van der Waals surface area contributed by atoms with Crippen LogP contribution in [0.3, 0.4) is 0 Å². The lowest BCUT2D eigenvalue weighted by molar-refractivity contribution is -0.117. The minimum Gasteiger partial charge on any atom is -0.494 e. The molecule has 0 radical (unpaired) electrons. The third-order valence-electron chi connectivity index (χ3n) is 5.10. The lowest BCUT2D eigenvalue weighted by atomic mass is 10.2. The zero-order valence-corrected chi connectivity index (χ0v) is 20.8. The molecule has 3 aromatic carbocycles. The molecule has 3 rings (SSSR count). The predicted molar refractivity (Wildman–Crippen MR) is 134 cm³/mol. The Kier molecular flexibility index (Phi) is 8.96. The lowest BCUT2D eigenvalue weighted by Gasteiger charge is -2.23. The van der Waals surface area contributed by atoms with Crippen molar-refractivity contribution < 1.29 is 22.7 Å². The van der Waals surface area contributed by atoms with Crippen molar-refractivity contribution in [3.05, 3.63) is 83.4 Å². The molecule has 0 saturated carbocycles. The van der Waals surface area contributed by atoms with E-state index in [2.05, 4.69) is 6.92 Å². The second-order valence-corrected chi connectivity index (χ2v) is 9.72. The molecule has 0 bridgehead atoms. The molecule has 0 atom stereocenters. The molecular weight excluding hydrogens is 474 g/mol. The number of ether oxygens (including phenoxy) is 2. The Morgan fingerprint density at radius 1 is 0.853 bits per heavy atom. The first kappa shape index (κ1) is 25.6. The molecule has 1 amide bonds. The SMILES string of the molecule is CCOc1ccc(N(C(=O)CCCOc2ccc(CC)cc2)S(=O)(=O)c2ccc(Cl)cc2)cc1. The molecule has 0 aliphatic rings. The van der Waals surface area contributed by atoms with Gasteiger partial charge in [0, 0.05) is 11.4 Å². The quantitative estimate of drug-likeness (QED) is 0.307. The van der Waals surface area contributed by atoms with Crippen LogP contribution in [0.1, 0.15) is 32.3 Å². The molecule has 180 valence electrons. The lowest BCUT2D eigenvalue weighted by Crippen LogP contribution is -2.37. The van der Waals surface area contributed by atoms with Gasteiger partial charge in [0.25, 0.3) is 10.0 Å². The number of sulfonamides is 1. The van der Waals surface area contributed by atoms with E-state index in [4.69, 9.17) is 21.1 Å². The van der Waals surface area contributed by atoms with Gasteiger partial charge in [0.15, 0.2) is 0 Å². The highest BCUT2D eigenvalue weighted by molar-refractivity contribution is 7.93. The van der Waals surface area contributed by atoms with Crippen LogP contribution in [-0.4, -0.2) is 27.5 Å². The Labute approximate surface area is 206 Å².